The monoisotopic (exact) mass is 340 g/mol. The normalized spacial score (nSPS) is 18.9. The van der Waals surface area contributed by atoms with Gasteiger partial charge in [-0.3, -0.25) is 14.8 Å². The summed E-state index contributed by atoms with van der Waals surface area (Å²) in [4.78, 5) is 15.0. The summed E-state index contributed by atoms with van der Waals surface area (Å²) in [7, 11) is 0. The number of aromatic nitrogens is 2. The van der Waals surface area contributed by atoms with Crippen LogP contribution < -0.4 is 5.32 Å². The van der Waals surface area contributed by atoms with Crippen molar-refractivity contribution in [1.82, 2.24) is 20.4 Å². The number of carbonyl (C=O) groups is 1. The number of benzene rings is 1. The van der Waals surface area contributed by atoms with Gasteiger partial charge in [0.05, 0.1) is 5.69 Å². The van der Waals surface area contributed by atoms with Gasteiger partial charge in [0, 0.05) is 24.2 Å². The number of carbonyl (C=O) groups excluding carboxylic acids is 1. The second kappa shape index (κ2) is 7.40. The highest BCUT2D eigenvalue weighted by Crippen LogP contribution is 2.23. The SMILES string of the molecule is CC1CCCN(C(C)(C)CNC(=O)c2cc(-c3ccccc3)n[nH]2)C1. The van der Waals surface area contributed by atoms with E-state index in [1.807, 2.05) is 30.3 Å². The van der Waals surface area contributed by atoms with Crippen LogP contribution in [-0.2, 0) is 0 Å². The Labute approximate surface area is 149 Å². The maximum Gasteiger partial charge on any atom is 0.269 e. The second-order valence-electron chi connectivity index (χ2n) is 7.72. The molecule has 1 aromatic heterocycles. The van der Waals surface area contributed by atoms with E-state index in [-0.39, 0.29) is 11.4 Å². The van der Waals surface area contributed by atoms with Crippen LogP contribution in [0.25, 0.3) is 11.3 Å². The van der Waals surface area contributed by atoms with Crippen molar-refractivity contribution in [3.8, 4) is 11.3 Å². The molecular formula is C20H28N4O. The summed E-state index contributed by atoms with van der Waals surface area (Å²) >= 11 is 0. The Balaban J connectivity index is 1.60. The lowest BCUT2D eigenvalue weighted by molar-refractivity contribution is 0.0656. The lowest BCUT2D eigenvalue weighted by Gasteiger charge is -2.43. The Bertz CT molecular complexity index is 707. The van der Waals surface area contributed by atoms with E-state index in [0.717, 1.165) is 30.3 Å². The minimum atomic E-state index is -0.104. The van der Waals surface area contributed by atoms with E-state index in [4.69, 9.17) is 0 Å². The highest BCUT2D eigenvalue weighted by Gasteiger charge is 2.30. The van der Waals surface area contributed by atoms with Crippen molar-refractivity contribution in [2.45, 2.75) is 39.2 Å². The zero-order valence-electron chi connectivity index (χ0n) is 15.4. The molecule has 1 aliphatic rings. The molecule has 5 heteroatoms. The van der Waals surface area contributed by atoms with Crippen LogP contribution in [0.3, 0.4) is 0 Å². The van der Waals surface area contributed by atoms with Gasteiger partial charge in [-0.15, -0.1) is 0 Å². The smallest absolute Gasteiger partial charge is 0.269 e. The van der Waals surface area contributed by atoms with Gasteiger partial charge >= 0.3 is 0 Å². The molecule has 1 aromatic carbocycles. The molecule has 1 amide bonds. The predicted octanol–water partition coefficient (Wildman–Crippen LogP) is 3.32. The lowest BCUT2D eigenvalue weighted by Crippen LogP contribution is -2.54. The second-order valence-corrected chi connectivity index (χ2v) is 7.72. The number of nitrogens with one attached hydrogen (secondary N) is 2. The largest absolute Gasteiger partial charge is 0.349 e. The van der Waals surface area contributed by atoms with Crippen molar-refractivity contribution in [3.63, 3.8) is 0 Å². The molecule has 0 radical (unpaired) electrons. The first-order valence-electron chi connectivity index (χ1n) is 9.10. The van der Waals surface area contributed by atoms with Gasteiger partial charge in [-0.05, 0) is 45.2 Å². The molecule has 2 N–H and O–H groups in total. The molecule has 1 aliphatic heterocycles. The number of aromatic amines is 1. The van der Waals surface area contributed by atoms with E-state index >= 15 is 0 Å². The van der Waals surface area contributed by atoms with Crippen molar-refractivity contribution in [3.05, 3.63) is 42.1 Å². The highest BCUT2D eigenvalue weighted by atomic mass is 16.1. The summed E-state index contributed by atoms with van der Waals surface area (Å²) in [6.45, 7) is 9.54. The first-order valence-corrected chi connectivity index (χ1v) is 9.10. The van der Waals surface area contributed by atoms with E-state index < -0.39 is 0 Å². The fourth-order valence-corrected chi connectivity index (χ4v) is 3.44. The third-order valence-electron chi connectivity index (χ3n) is 5.09. The van der Waals surface area contributed by atoms with Crippen molar-refractivity contribution >= 4 is 5.91 Å². The Hall–Kier alpha value is -2.14. The molecule has 0 aliphatic carbocycles. The summed E-state index contributed by atoms with van der Waals surface area (Å²) in [5, 5.41) is 10.2. The van der Waals surface area contributed by atoms with Gasteiger partial charge in [0.2, 0.25) is 0 Å². The maximum absolute atomic E-state index is 12.5. The van der Waals surface area contributed by atoms with Crippen molar-refractivity contribution in [1.29, 1.82) is 0 Å². The molecule has 5 nitrogen and oxygen atoms in total. The van der Waals surface area contributed by atoms with Crippen LogP contribution >= 0.6 is 0 Å². The number of hydrogen-bond donors (Lipinski definition) is 2. The van der Waals surface area contributed by atoms with Crippen LogP contribution in [0, 0.1) is 5.92 Å². The van der Waals surface area contributed by atoms with Crippen LogP contribution in [0.5, 0.6) is 0 Å². The number of nitrogens with zero attached hydrogens (tertiary/aromatic N) is 2. The van der Waals surface area contributed by atoms with Crippen LogP contribution in [0.4, 0.5) is 0 Å². The first kappa shape index (κ1) is 17.7. The van der Waals surface area contributed by atoms with Gasteiger partial charge in [0.25, 0.3) is 5.91 Å². The number of H-pyrrole nitrogens is 1. The Morgan fingerprint density at radius 1 is 1.36 bits per heavy atom. The summed E-state index contributed by atoms with van der Waals surface area (Å²) in [6.07, 6.45) is 2.54. The molecule has 3 rings (SSSR count). The fourth-order valence-electron chi connectivity index (χ4n) is 3.44. The van der Waals surface area contributed by atoms with Gasteiger partial charge < -0.3 is 5.32 Å². The third-order valence-corrected chi connectivity index (χ3v) is 5.09. The van der Waals surface area contributed by atoms with Gasteiger partial charge in [-0.25, -0.2) is 0 Å². The first-order chi connectivity index (χ1) is 12.0. The molecule has 134 valence electrons. The molecule has 0 bridgehead atoms. The van der Waals surface area contributed by atoms with Crippen LogP contribution in [0.15, 0.2) is 36.4 Å². The number of piperidine rings is 1. The molecular weight excluding hydrogens is 312 g/mol. The van der Waals surface area contributed by atoms with Crippen LogP contribution in [0.2, 0.25) is 0 Å². The summed E-state index contributed by atoms with van der Waals surface area (Å²) in [6, 6.07) is 11.7. The standard InChI is InChI=1S/C20H28N4O/c1-15-8-7-11-24(13-15)20(2,3)14-21-19(25)18-12-17(22-23-18)16-9-5-4-6-10-16/h4-6,9-10,12,15H,7-8,11,13-14H2,1-3H3,(H,21,25)(H,22,23). The average Bonchev–Trinajstić information content (AvgIpc) is 3.11. The molecule has 1 atom stereocenters. The lowest BCUT2D eigenvalue weighted by atomic mass is 9.93. The van der Waals surface area contributed by atoms with Crippen molar-refractivity contribution in [2.75, 3.05) is 19.6 Å². The molecule has 1 unspecified atom stereocenters. The van der Waals surface area contributed by atoms with Gasteiger partial charge in [-0.1, -0.05) is 37.3 Å². The fraction of sp³-hybridized carbons (Fsp3) is 0.500. The van der Waals surface area contributed by atoms with Crippen LogP contribution in [0.1, 0.15) is 44.1 Å². The Kier molecular flexibility index (Phi) is 5.23. The Morgan fingerprint density at radius 3 is 2.84 bits per heavy atom. The number of rotatable bonds is 5. The number of hydrogen-bond acceptors (Lipinski definition) is 3. The highest BCUT2D eigenvalue weighted by molar-refractivity contribution is 5.93. The van der Waals surface area contributed by atoms with Gasteiger partial charge in [0.15, 0.2) is 0 Å². The summed E-state index contributed by atoms with van der Waals surface area (Å²) in [5.74, 6) is 0.623. The van der Waals surface area contributed by atoms with E-state index in [1.165, 1.54) is 12.8 Å². The van der Waals surface area contributed by atoms with Gasteiger partial charge in [0.1, 0.15) is 5.69 Å². The number of amides is 1. The quantitative estimate of drug-likeness (QED) is 0.878. The Morgan fingerprint density at radius 2 is 2.12 bits per heavy atom. The topological polar surface area (TPSA) is 61.0 Å². The maximum atomic E-state index is 12.5. The van der Waals surface area contributed by atoms with E-state index in [1.54, 1.807) is 6.07 Å². The molecule has 1 saturated heterocycles. The molecule has 25 heavy (non-hydrogen) atoms. The third kappa shape index (κ3) is 4.28. The van der Waals surface area contributed by atoms with E-state index in [2.05, 4.69) is 41.2 Å². The molecule has 0 spiro atoms. The minimum Gasteiger partial charge on any atom is -0.349 e. The number of likely N-dealkylation sites (tertiary alicyclic amines) is 1. The minimum absolute atomic E-state index is 0.0490. The summed E-state index contributed by atoms with van der Waals surface area (Å²) < 4.78 is 0. The van der Waals surface area contributed by atoms with Crippen LogP contribution in [-0.4, -0.2) is 46.2 Å². The van der Waals surface area contributed by atoms with E-state index in [9.17, 15) is 4.79 Å². The van der Waals surface area contributed by atoms with Crippen molar-refractivity contribution in [2.24, 2.45) is 5.92 Å². The predicted molar refractivity (Wildman–Crippen MR) is 100 cm³/mol. The zero-order valence-corrected chi connectivity index (χ0v) is 15.4. The molecule has 0 saturated carbocycles. The molecule has 2 aromatic rings. The average molecular weight is 340 g/mol. The summed E-state index contributed by atoms with van der Waals surface area (Å²) in [5.41, 5.74) is 2.24. The van der Waals surface area contributed by atoms with Gasteiger partial charge in [-0.2, -0.15) is 5.10 Å². The van der Waals surface area contributed by atoms with E-state index in [0.29, 0.717) is 12.2 Å². The molecule has 1 fully saturated rings. The zero-order chi connectivity index (χ0) is 17.9. The van der Waals surface area contributed by atoms with Crippen molar-refractivity contribution < 1.29 is 4.79 Å². The molecule has 2 heterocycles.